The molecular formula is C16H21N3O. The lowest BCUT2D eigenvalue weighted by molar-refractivity contribution is 0.131. The molecule has 1 aliphatic rings. The number of nitrogen functional groups attached to an aromatic ring is 1. The van der Waals surface area contributed by atoms with Gasteiger partial charge in [0, 0.05) is 43.4 Å². The Morgan fingerprint density at radius 3 is 3.00 bits per heavy atom. The molecule has 4 nitrogen and oxygen atoms in total. The molecule has 0 spiro atoms. The van der Waals surface area contributed by atoms with Crippen molar-refractivity contribution in [1.82, 2.24) is 4.98 Å². The maximum atomic E-state index is 6.27. The van der Waals surface area contributed by atoms with Crippen LogP contribution in [0, 0.1) is 5.92 Å². The van der Waals surface area contributed by atoms with Crippen LogP contribution in [0.5, 0.6) is 0 Å². The molecule has 0 radical (unpaired) electrons. The van der Waals surface area contributed by atoms with Gasteiger partial charge in [-0.1, -0.05) is 6.07 Å². The molecule has 2 aromatic rings. The van der Waals surface area contributed by atoms with E-state index in [4.69, 9.17) is 10.5 Å². The molecule has 1 heterocycles. The molecule has 4 heteroatoms. The number of likely N-dealkylation sites (N-methyl/N-ethyl adjacent to an activating group) is 1. The number of ether oxygens (including phenoxy) is 1. The van der Waals surface area contributed by atoms with Crippen LogP contribution in [0.15, 0.2) is 30.6 Å². The molecule has 0 amide bonds. The summed E-state index contributed by atoms with van der Waals surface area (Å²) in [7, 11) is 2.05. The van der Waals surface area contributed by atoms with Crippen LogP contribution in [0.1, 0.15) is 12.8 Å². The summed E-state index contributed by atoms with van der Waals surface area (Å²) in [6, 6.07) is 6.08. The SMILES string of the molecule is CN(CCOCC1CC1)c1ccc2cnccc2c1N. The van der Waals surface area contributed by atoms with Crippen LogP contribution >= 0.6 is 0 Å². The van der Waals surface area contributed by atoms with Gasteiger partial charge in [-0.05, 0) is 30.9 Å². The maximum Gasteiger partial charge on any atom is 0.0641 e. The first kappa shape index (κ1) is 13.2. The van der Waals surface area contributed by atoms with Gasteiger partial charge in [-0.3, -0.25) is 4.98 Å². The number of hydrogen-bond donors (Lipinski definition) is 1. The molecule has 0 atom stereocenters. The maximum absolute atomic E-state index is 6.27. The van der Waals surface area contributed by atoms with Crippen LogP contribution in [-0.2, 0) is 4.74 Å². The Bertz CT molecular complexity index is 595. The standard InChI is InChI=1S/C16H21N3O/c1-19(8-9-20-11-12-2-3-12)15-5-4-13-10-18-7-6-14(13)16(15)17/h4-7,10,12H,2-3,8-9,11,17H2,1H3. The molecule has 3 rings (SSSR count). The van der Waals surface area contributed by atoms with Gasteiger partial charge < -0.3 is 15.4 Å². The molecule has 2 N–H and O–H groups in total. The average Bonchev–Trinajstić information content (AvgIpc) is 3.28. The summed E-state index contributed by atoms with van der Waals surface area (Å²) in [4.78, 5) is 6.28. The van der Waals surface area contributed by atoms with Crippen molar-refractivity contribution in [3.05, 3.63) is 30.6 Å². The molecule has 0 aliphatic heterocycles. The Balaban J connectivity index is 1.66. The second-order valence-electron chi connectivity index (χ2n) is 5.54. The van der Waals surface area contributed by atoms with E-state index in [0.717, 1.165) is 47.8 Å². The van der Waals surface area contributed by atoms with E-state index in [1.54, 1.807) is 6.20 Å². The van der Waals surface area contributed by atoms with E-state index < -0.39 is 0 Å². The fraction of sp³-hybridized carbons (Fsp3) is 0.438. The number of aromatic nitrogens is 1. The molecular weight excluding hydrogens is 250 g/mol. The van der Waals surface area contributed by atoms with E-state index in [9.17, 15) is 0 Å². The molecule has 0 unspecified atom stereocenters. The lowest BCUT2D eigenvalue weighted by Crippen LogP contribution is -2.23. The van der Waals surface area contributed by atoms with E-state index in [-0.39, 0.29) is 0 Å². The van der Waals surface area contributed by atoms with Gasteiger partial charge in [0.2, 0.25) is 0 Å². The molecule has 0 saturated heterocycles. The molecule has 1 saturated carbocycles. The number of pyridine rings is 1. The summed E-state index contributed by atoms with van der Waals surface area (Å²) in [5.41, 5.74) is 8.14. The number of hydrogen-bond acceptors (Lipinski definition) is 4. The van der Waals surface area contributed by atoms with Crippen molar-refractivity contribution >= 4 is 22.1 Å². The molecule has 106 valence electrons. The summed E-state index contributed by atoms with van der Waals surface area (Å²) >= 11 is 0. The van der Waals surface area contributed by atoms with Gasteiger partial charge in [0.25, 0.3) is 0 Å². The Labute approximate surface area is 119 Å². The fourth-order valence-corrected chi connectivity index (χ4v) is 2.37. The Morgan fingerprint density at radius 2 is 2.20 bits per heavy atom. The molecule has 1 fully saturated rings. The smallest absolute Gasteiger partial charge is 0.0641 e. The minimum atomic E-state index is 0.751. The Hall–Kier alpha value is -1.81. The summed E-state index contributed by atoms with van der Waals surface area (Å²) < 4.78 is 5.68. The van der Waals surface area contributed by atoms with Gasteiger partial charge in [-0.2, -0.15) is 0 Å². The van der Waals surface area contributed by atoms with Crippen LogP contribution in [0.3, 0.4) is 0 Å². The second kappa shape index (κ2) is 5.67. The van der Waals surface area contributed by atoms with Crippen molar-refractivity contribution in [3.8, 4) is 0 Å². The lowest BCUT2D eigenvalue weighted by atomic mass is 10.1. The normalized spacial score (nSPS) is 14.7. The Morgan fingerprint density at radius 1 is 1.35 bits per heavy atom. The van der Waals surface area contributed by atoms with E-state index in [0.29, 0.717) is 0 Å². The van der Waals surface area contributed by atoms with Crippen LogP contribution in [0.2, 0.25) is 0 Å². The van der Waals surface area contributed by atoms with E-state index in [2.05, 4.69) is 29.1 Å². The van der Waals surface area contributed by atoms with Crippen LogP contribution in [0.25, 0.3) is 10.8 Å². The highest BCUT2D eigenvalue weighted by atomic mass is 16.5. The molecule has 1 aromatic heterocycles. The largest absolute Gasteiger partial charge is 0.397 e. The van der Waals surface area contributed by atoms with Crippen molar-refractivity contribution < 1.29 is 4.74 Å². The predicted octanol–water partition coefficient (Wildman–Crippen LogP) is 2.68. The monoisotopic (exact) mass is 271 g/mol. The number of nitrogens with two attached hydrogens (primary N) is 1. The highest BCUT2D eigenvalue weighted by molar-refractivity contribution is 5.98. The van der Waals surface area contributed by atoms with Crippen molar-refractivity contribution in [2.75, 3.05) is 37.4 Å². The zero-order valence-corrected chi connectivity index (χ0v) is 11.9. The third kappa shape index (κ3) is 2.85. The summed E-state index contributed by atoms with van der Waals surface area (Å²) in [6.07, 6.45) is 6.29. The first-order chi connectivity index (χ1) is 9.75. The fourth-order valence-electron chi connectivity index (χ4n) is 2.37. The zero-order valence-electron chi connectivity index (χ0n) is 11.9. The van der Waals surface area contributed by atoms with Gasteiger partial charge >= 0.3 is 0 Å². The number of anilines is 2. The van der Waals surface area contributed by atoms with Gasteiger partial charge in [-0.15, -0.1) is 0 Å². The van der Waals surface area contributed by atoms with Crippen LogP contribution in [-0.4, -0.2) is 31.8 Å². The summed E-state index contributed by atoms with van der Waals surface area (Å²) in [5, 5.41) is 2.13. The number of nitrogens with zero attached hydrogens (tertiary/aromatic N) is 2. The highest BCUT2D eigenvalue weighted by Crippen LogP contribution is 2.30. The highest BCUT2D eigenvalue weighted by Gasteiger charge is 2.21. The summed E-state index contributed by atoms with van der Waals surface area (Å²) in [5.74, 6) is 0.818. The van der Waals surface area contributed by atoms with Gasteiger partial charge in [0.1, 0.15) is 0 Å². The van der Waals surface area contributed by atoms with E-state index in [1.807, 2.05) is 12.3 Å². The summed E-state index contributed by atoms with van der Waals surface area (Å²) in [6.45, 7) is 2.51. The number of benzene rings is 1. The van der Waals surface area contributed by atoms with Gasteiger partial charge in [-0.25, -0.2) is 0 Å². The first-order valence-electron chi connectivity index (χ1n) is 7.17. The van der Waals surface area contributed by atoms with Crippen molar-refractivity contribution in [3.63, 3.8) is 0 Å². The third-order valence-corrected chi connectivity index (χ3v) is 3.87. The predicted molar refractivity (Wildman–Crippen MR) is 83.0 cm³/mol. The van der Waals surface area contributed by atoms with Gasteiger partial charge in [0.05, 0.1) is 18.0 Å². The lowest BCUT2D eigenvalue weighted by Gasteiger charge is -2.22. The third-order valence-electron chi connectivity index (χ3n) is 3.87. The number of fused-ring (bicyclic) bond motifs is 1. The van der Waals surface area contributed by atoms with E-state index >= 15 is 0 Å². The van der Waals surface area contributed by atoms with Crippen LogP contribution < -0.4 is 10.6 Å². The van der Waals surface area contributed by atoms with Crippen molar-refractivity contribution in [2.24, 2.45) is 5.92 Å². The molecule has 1 aromatic carbocycles. The quantitative estimate of drug-likeness (QED) is 0.648. The van der Waals surface area contributed by atoms with Crippen molar-refractivity contribution in [1.29, 1.82) is 0 Å². The molecule has 1 aliphatic carbocycles. The van der Waals surface area contributed by atoms with E-state index in [1.165, 1.54) is 12.8 Å². The number of rotatable bonds is 6. The second-order valence-corrected chi connectivity index (χ2v) is 5.54. The first-order valence-corrected chi connectivity index (χ1v) is 7.17. The average molecular weight is 271 g/mol. The minimum absolute atomic E-state index is 0.751. The van der Waals surface area contributed by atoms with Crippen LogP contribution in [0.4, 0.5) is 11.4 Å². The van der Waals surface area contributed by atoms with Crippen molar-refractivity contribution in [2.45, 2.75) is 12.8 Å². The zero-order chi connectivity index (χ0) is 13.9. The molecule has 20 heavy (non-hydrogen) atoms. The minimum Gasteiger partial charge on any atom is -0.397 e. The molecule has 0 bridgehead atoms. The van der Waals surface area contributed by atoms with Gasteiger partial charge in [0.15, 0.2) is 0 Å². The Kier molecular flexibility index (Phi) is 3.74. The topological polar surface area (TPSA) is 51.4 Å².